The Bertz CT molecular complexity index is 1240. The first-order valence-corrected chi connectivity index (χ1v) is 9.94. The second kappa shape index (κ2) is 8.67. The zero-order chi connectivity index (χ0) is 21.8. The van der Waals surface area contributed by atoms with Gasteiger partial charge in [0.05, 0.1) is 12.6 Å². The van der Waals surface area contributed by atoms with Crippen LogP contribution in [0.25, 0.3) is 10.9 Å². The number of nitrogens with two attached hydrogens (primary N) is 1. The standard InChI is InChI=1S/C21H17N5O4S/c1-29-16-7-6-14-15(8-9-23-18(14)17(16)19(22)27)30-13-4-2-12(3-5-13)25-20(28)26-21-24-10-11-31-21/h2-11H,1H3,(H2,22,27)(H2,24,25,26,28). The topological polar surface area (TPSA) is 128 Å². The number of urea groups is 1. The highest BCUT2D eigenvalue weighted by molar-refractivity contribution is 7.13. The number of aromatic nitrogens is 2. The van der Waals surface area contributed by atoms with Crippen LogP contribution in [0.3, 0.4) is 0 Å². The molecule has 0 aliphatic rings. The van der Waals surface area contributed by atoms with Crippen LogP contribution in [0.4, 0.5) is 15.6 Å². The van der Waals surface area contributed by atoms with Crippen molar-refractivity contribution in [1.82, 2.24) is 9.97 Å². The number of amides is 3. The molecule has 0 radical (unpaired) electrons. The molecule has 3 amide bonds. The number of fused-ring (bicyclic) bond motifs is 1. The lowest BCUT2D eigenvalue weighted by molar-refractivity contribution is 0.0999. The number of rotatable bonds is 6. The number of methoxy groups -OCH3 is 1. The maximum atomic E-state index is 12.0. The summed E-state index contributed by atoms with van der Waals surface area (Å²) in [6.07, 6.45) is 3.14. The van der Waals surface area contributed by atoms with Crippen molar-refractivity contribution in [3.63, 3.8) is 0 Å². The summed E-state index contributed by atoms with van der Waals surface area (Å²) in [7, 11) is 1.46. The Morgan fingerprint density at radius 3 is 2.45 bits per heavy atom. The second-order valence-electron chi connectivity index (χ2n) is 6.26. The average molecular weight is 435 g/mol. The Labute approximate surface area is 180 Å². The van der Waals surface area contributed by atoms with Crippen LogP contribution >= 0.6 is 11.3 Å². The van der Waals surface area contributed by atoms with E-state index < -0.39 is 11.9 Å². The van der Waals surface area contributed by atoms with Gasteiger partial charge in [0.25, 0.3) is 5.91 Å². The number of hydrogen-bond acceptors (Lipinski definition) is 7. The normalized spacial score (nSPS) is 10.5. The monoisotopic (exact) mass is 435 g/mol. The molecule has 0 unspecified atom stereocenters. The lowest BCUT2D eigenvalue weighted by Crippen LogP contribution is -2.19. The summed E-state index contributed by atoms with van der Waals surface area (Å²) < 4.78 is 11.2. The van der Waals surface area contributed by atoms with Crippen molar-refractivity contribution < 1.29 is 19.1 Å². The molecule has 0 bridgehead atoms. The quantitative estimate of drug-likeness (QED) is 0.416. The van der Waals surface area contributed by atoms with Gasteiger partial charge in [-0.3, -0.25) is 15.1 Å². The Kier molecular flexibility index (Phi) is 5.63. The van der Waals surface area contributed by atoms with Crippen LogP contribution in [0.15, 0.2) is 60.2 Å². The molecule has 4 N–H and O–H groups in total. The molecule has 0 spiro atoms. The SMILES string of the molecule is COc1ccc2c(Oc3ccc(NC(=O)Nc4nccs4)cc3)ccnc2c1C(N)=O. The summed E-state index contributed by atoms with van der Waals surface area (Å²) in [5.74, 6) is 0.738. The van der Waals surface area contributed by atoms with Crippen LogP contribution in [-0.4, -0.2) is 29.0 Å². The number of anilines is 2. The Morgan fingerprint density at radius 2 is 1.77 bits per heavy atom. The largest absolute Gasteiger partial charge is 0.496 e. The molecule has 0 saturated heterocycles. The molecule has 0 aliphatic carbocycles. The third kappa shape index (κ3) is 4.38. The van der Waals surface area contributed by atoms with Gasteiger partial charge in [-0.2, -0.15) is 0 Å². The number of benzene rings is 2. The van der Waals surface area contributed by atoms with Crippen LogP contribution in [0.1, 0.15) is 10.4 Å². The van der Waals surface area contributed by atoms with Crippen molar-refractivity contribution in [3.8, 4) is 17.2 Å². The summed E-state index contributed by atoms with van der Waals surface area (Å²) in [6, 6.07) is 11.5. The van der Waals surface area contributed by atoms with Crippen LogP contribution < -0.4 is 25.8 Å². The minimum Gasteiger partial charge on any atom is -0.496 e. The van der Waals surface area contributed by atoms with Crippen molar-refractivity contribution in [2.75, 3.05) is 17.7 Å². The van der Waals surface area contributed by atoms with Crippen LogP contribution in [0.2, 0.25) is 0 Å². The van der Waals surface area contributed by atoms with Gasteiger partial charge in [0.15, 0.2) is 5.13 Å². The highest BCUT2D eigenvalue weighted by Crippen LogP contribution is 2.34. The van der Waals surface area contributed by atoms with E-state index >= 15 is 0 Å². The summed E-state index contributed by atoms with van der Waals surface area (Å²) in [4.78, 5) is 32.2. The van der Waals surface area contributed by atoms with E-state index in [9.17, 15) is 9.59 Å². The molecule has 4 aromatic rings. The lowest BCUT2D eigenvalue weighted by Gasteiger charge is -2.13. The van der Waals surface area contributed by atoms with Crippen molar-refractivity contribution in [1.29, 1.82) is 0 Å². The number of hydrogen-bond donors (Lipinski definition) is 3. The van der Waals surface area contributed by atoms with Crippen molar-refractivity contribution in [2.45, 2.75) is 0 Å². The van der Waals surface area contributed by atoms with E-state index in [2.05, 4.69) is 20.6 Å². The van der Waals surface area contributed by atoms with Crippen molar-refractivity contribution in [3.05, 3.63) is 65.8 Å². The third-order valence-electron chi connectivity index (χ3n) is 4.29. The molecule has 2 heterocycles. The summed E-state index contributed by atoms with van der Waals surface area (Å²) in [5, 5.41) is 8.25. The van der Waals surface area contributed by atoms with Gasteiger partial charge in [0, 0.05) is 28.8 Å². The highest BCUT2D eigenvalue weighted by atomic mass is 32.1. The molecule has 31 heavy (non-hydrogen) atoms. The first-order chi connectivity index (χ1) is 15.0. The molecular formula is C21H17N5O4S. The zero-order valence-electron chi connectivity index (χ0n) is 16.3. The molecule has 4 rings (SSSR count). The average Bonchev–Trinajstić information content (AvgIpc) is 3.27. The van der Waals surface area contributed by atoms with Gasteiger partial charge in [-0.25, -0.2) is 9.78 Å². The first-order valence-electron chi connectivity index (χ1n) is 9.06. The summed E-state index contributed by atoms with van der Waals surface area (Å²) in [6.45, 7) is 0. The van der Waals surface area contributed by atoms with E-state index in [1.807, 2.05) is 0 Å². The molecule has 0 aliphatic heterocycles. The van der Waals surface area contributed by atoms with Gasteiger partial charge in [-0.05, 0) is 42.5 Å². The van der Waals surface area contributed by atoms with Gasteiger partial charge in [-0.1, -0.05) is 0 Å². The molecule has 156 valence electrons. The molecule has 2 aromatic carbocycles. The molecule has 0 fully saturated rings. The fourth-order valence-electron chi connectivity index (χ4n) is 2.95. The van der Waals surface area contributed by atoms with E-state index in [4.69, 9.17) is 15.2 Å². The summed E-state index contributed by atoms with van der Waals surface area (Å²) in [5.41, 5.74) is 6.68. The number of nitrogens with one attached hydrogen (secondary N) is 2. The van der Waals surface area contributed by atoms with Gasteiger partial charge < -0.3 is 20.5 Å². The third-order valence-corrected chi connectivity index (χ3v) is 4.98. The number of carbonyl (C=O) groups excluding carboxylic acids is 2. The van der Waals surface area contributed by atoms with Gasteiger partial charge in [-0.15, -0.1) is 11.3 Å². The molecule has 9 nitrogen and oxygen atoms in total. The van der Waals surface area contributed by atoms with Crippen molar-refractivity contribution >= 4 is 45.0 Å². The van der Waals surface area contributed by atoms with E-state index in [0.717, 1.165) is 0 Å². The number of pyridine rings is 1. The van der Waals surface area contributed by atoms with E-state index in [1.165, 1.54) is 24.6 Å². The smallest absolute Gasteiger partial charge is 0.325 e. The van der Waals surface area contributed by atoms with E-state index in [-0.39, 0.29) is 5.56 Å². The molecule has 0 saturated carbocycles. The predicted molar refractivity (Wildman–Crippen MR) is 118 cm³/mol. The van der Waals surface area contributed by atoms with E-state index in [0.29, 0.717) is 39.0 Å². The van der Waals surface area contributed by atoms with Gasteiger partial charge in [0.2, 0.25) is 0 Å². The van der Waals surface area contributed by atoms with E-state index in [1.54, 1.807) is 54.0 Å². The minimum absolute atomic E-state index is 0.191. The van der Waals surface area contributed by atoms with Crippen molar-refractivity contribution in [2.24, 2.45) is 5.73 Å². The zero-order valence-corrected chi connectivity index (χ0v) is 17.1. The van der Waals surface area contributed by atoms with Crippen LogP contribution in [0, 0.1) is 0 Å². The fraction of sp³-hybridized carbons (Fsp3) is 0.0476. The molecule has 0 atom stereocenters. The number of thiazole rings is 1. The summed E-state index contributed by atoms with van der Waals surface area (Å²) >= 11 is 1.33. The minimum atomic E-state index is -0.640. The Hall–Kier alpha value is -4.18. The van der Waals surface area contributed by atoms with Crippen LogP contribution in [-0.2, 0) is 0 Å². The number of carbonyl (C=O) groups is 2. The molecular weight excluding hydrogens is 418 g/mol. The predicted octanol–water partition coefficient (Wildman–Crippen LogP) is 4.24. The number of primary amides is 1. The first kappa shape index (κ1) is 20.1. The van der Waals surface area contributed by atoms with Crippen LogP contribution in [0.5, 0.6) is 17.2 Å². The number of ether oxygens (including phenoxy) is 2. The lowest BCUT2D eigenvalue weighted by atomic mass is 10.1. The highest BCUT2D eigenvalue weighted by Gasteiger charge is 2.17. The maximum absolute atomic E-state index is 12.0. The molecule has 2 aromatic heterocycles. The van der Waals surface area contributed by atoms with Gasteiger partial charge in [0.1, 0.15) is 22.8 Å². The maximum Gasteiger partial charge on any atom is 0.325 e. The Balaban J connectivity index is 1.53. The Morgan fingerprint density at radius 1 is 0.968 bits per heavy atom. The second-order valence-corrected chi connectivity index (χ2v) is 7.15. The number of nitrogens with zero attached hydrogens (tertiary/aromatic N) is 2. The van der Waals surface area contributed by atoms with Gasteiger partial charge >= 0.3 is 6.03 Å². The fourth-order valence-corrected chi connectivity index (χ4v) is 3.47. The molecule has 10 heteroatoms.